The van der Waals surface area contributed by atoms with E-state index in [1.807, 2.05) is 24.7 Å². The van der Waals surface area contributed by atoms with Crippen molar-refractivity contribution in [1.29, 1.82) is 0 Å². The first-order valence-corrected chi connectivity index (χ1v) is 5.82. The molecule has 2 nitrogen and oxygen atoms in total. The van der Waals surface area contributed by atoms with Gasteiger partial charge in [-0.05, 0) is 19.4 Å². The molecule has 1 atom stereocenters. The number of alkyl halides is 1. The summed E-state index contributed by atoms with van der Waals surface area (Å²) < 4.78 is 1.94. The first kappa shape index (κ1) is 11.5. The number of nitrogens with zero attached hydrogens (tertiary/aromatic N) is 2. The minimum absolute atomic E-state index is 0.111. The second-order valence-electron chi connectivity index (χ2n) is 4.07. The Labute approximate surface area is 94.1 Å². The van der Waals surface area contributed by atoms with Crippen molar-refractivity contribution in [3.8, 4) is 0 Å². The van der Waals surface area contributed by atoms with Gasteiger partial charge in [0.05, 0.1) is 5.69 Å². The zero-order valence-corrected chi connectivity index (χ0v) is 10.6. The van der Waals surface area contributed by atoms with Gasteiger partial charge in [-0.2, -0.15) is 5.10 Å². The molecule has 0 saturated heterocycles. The lowest BCUT2D eigenvalue weighted by molar-refractivity contribution is 0.472. The van der Waals surface area contributed by atoms with Gasteiger partial charge in [-0.15, -0.1) is 6.58 Å². The number of aryl methyl sites for hydroxylation is 2. The molecule has 0 N–H and O–H groups in total. The molecule has 14 heavy (non-hydrogen) atoms. The van der Waals surface area contributed by atoms with E-state index in [1.54, 1.807) is 0 Å². The van der Waals surface area contributed by atoms with Crippen molar-refractivity contribution >= 4 is 15.9 Å². The highest BCUT2D eigenvalue weighted by molar-refractivity contribution is 9.09. The van der Waals surface area contributed by atoms with Crippen LogP contribution in [0.1, 0.15) is 18.3 Å². The fourth-order valence-electron chi connectivity index (χ4n) is 1.42. The van der Waals surface area contributed by atoms with Gasteiger partial charge in [0.25, 0.3) is 0 Å². The molecule has 0 aliphatic heterocycles. The fraction of sp³-hybridized carbons (Fsp3) is 0.545. The molecular formula is C11H17BrN2. The molecule has 0 aliphatic carbocycles. The van der Waals surface area contributed by atoms with Crippen LogP contribution < -0.4 is 0 Å². The van der Waals surface area contributed by atoms with Gasteiger partial charge < -0.3 is 0 Å². The van der Waals surface area contributed by atoms with E-state index >= 15 is 0 Å². The Bertz CT molecular complexity index is 330. The van der Waals surface area contributed by atoms with E-state index in [0.717, 1.165) is 17.4 Å². The summed E-state index contributed by atoms with van der Waals surface area (Å²) in [5.41, 5.74) is 2.44. The van der Waals surface area contributed by atoms with Crippen LogP contribution in [-0.2, 0) is 13.5 Å². The number of rotatable bonds is 4. The van der Waals surface area contributed by atoms with Gasteiger partial charge in [0.2, 0.25) is 0 Å². The predicted molar refractivity (Wildman–Crippen MR) is 63.7 cm³/mol. The summed E-state index contributed by atoms with van der Waals surface area (Å²) in [6.45, 7) is 8.08. The largest absolute Gasteiger partial charge is 0.272 e. The molecule has 3 heteroatoms. The predicted octanol–water partition coefficient (Wildman–Crippen LogP) is 2.86. The molecule has 0 amide bonds. The van der Waals surface area contributed by atoms with Gasteiger partial charge in [0.15, 0.2) is 0 Å². The highest BCUT2D eigenvalue weighted by Crippen LogP contribution is 2.26. The van der Waals surface area contributed by atoms with Crippen molar-refractivity contribution in [2.45, 2.75) is 20.3 Å². The monoisotopic (exact) mass is 256 g/mol. The Morgan fingerprint density at radius 3 is 2.71 bits per heavy atom. The average molecular weight is 257 g/mol. The molecule has 0 aliphatic rings. The van der Waals surface area contributed by atoms with E-state index in [9.17, 15) is 0 Å². The lowest BCUT2D eigenvalue weighted by Crippen LogP contribution is -2.19. The van der Waals surface area contributed by atoms with Gasteiger partial charge in [0.1, 0.15) is 0 Å². The van der Waals surface area contributed by atoms with Crippen LogP contribution in [0, 0.1) is 12.3 Å². The summed E-state index contributed by atoms with van der Waals surface area (Å²) >= 11 is 3.52. The smallest absolute Gasteiger partial charge is 0.0596 e. The van der Waals surface area contributed by atoms with Gasteiger partial charge in [-0.1, -0.05) is 28.9 Å². The summed E-state index contributed by atoms with van der Waals surface area (Å²) in [7, 11) is 1.99. The van der Waals surface area contributed by atoms with E-state index < -0.39 is 0 Å². The first-order chi connectivity index (χ1) is 6.50. The maximum atomic E-state index is 4.33. The Hall–Kier alpha value is -0.570. The van der Waals surface area contributed by atoms with Crippen LogP contribution in [0.4, 0.5) is 0 Å². The summed E-state index contributed by atoms with van der Waals surface area (Å²) in [6.07, 6.45) is 2.98. The number of hydrogen-bond acceptors (Lipinski definition) is 1. The quantitative estimate of drug-likeness (QED) is 0.599. The Kier molecular flexibility index (Phi) is 3.53. The van der Waals surface area contributed by atoms with Crippen LogP contribution in [0.5, 0.6) is 0 Å². The Balaban J connectivity index is 2.87. The normalized spacial score (nSPS) is 15.1. The van der Waals surface area contributed by atoms with Crippen molar-refractivity contribution < 1.29 is 0 Å². The lowest BCUT2D eigenvalue weighted by Gasteiger charge is -2.22. The van der Waals surface area contributed by atoms with Crippen LogP contribution in [0.25, 0.3) is 0 Å². The van der Waals surface area contributed by atoms with Crippen molar-refractivity contribution in [2.75, 3.05) is 5.33 Å². The molecule has 1 rings (SSSR count). The van der Waals surface area contributed by atoms with Gasteiger partial charge >= 0.3 is 0 Å². The molecule has 1 aromatic rings. The number of allylic oxidation sites excluding steroid dienone is 1. The molecule has 0 spiro atoms. The first-order valence-electron chi connectivity index (χ1n) is 4.70. The van der Waals surface area contributed by atoms with Crippen molar-refractivity contribution in [3.05, 3.63) is 30.1 Å². The Morgan fingerprint density at radius 1 is 1.71 bits per heavy atom. The van der Waals surface area contributed by atoms with E-state index in [4.69, 9.17) is 0 Å². The maximum absolute atomic E-state index is 4.33. The van der Waals surface area contributed by atoms with E-state index in [2.05, 4.69) is 40.6 Å². The highest BCUT2D eigenvalue weighted by atomic mass is 79.9. The molecular weight excluding hydrogens is 240 g/mol. The number of aromatic nitrogens is 2. The highest BCUT2D eigenvalue weighted by Gasteiger charge is 2.21. The maximum Gasteiger partial charge on any atom is 0.0596 e. The zero-order valence-electron chi connectivity index (χ0n) is 9.05. The average Bonchev–Trinajstić information content (AvgIpc) is 2.45. The van der Waals surface area contributed by atoms with Crippen LogP contribution in [-0.4, -0.2) is 15.1 Å². The second-order valence-corrected chi connectivity index (χ2v) is 4.63. The minimum atomic E-state index is 0.111. The standard InChI is InChI=1S/C11H17BrN2/c1-5-11(3,8-12)7-10-6-9(2)13-14(10)4/h5-6H,1,7-8H2,2-4H3. The van der Waals surface area contributed by atoms with Crippen molar-refractivity contribution in [3.63, 3.8) is 0 Å². The van der Waals surface area contributed by atoms with E-state index in [1.165, 1.54) is 5.69 Å². The molecule has 0 aromatic carbocycles. The topological polar surface area (TPSA) is 17.8 Å². The molecule has 1 aromatic heterocycles. The molecule has 78 valence electrons. The van der Waals surface area contributed by atoms with Gasteiger partial charge in [0, 0.05) is 23.5 Å². The molecule has 0 fully saturated rings. The summed E-state index contributed by atoms with van der Waals surface area (Å²) in [6, 6.07) is 2.13. The van der Waals surface area contributed by atoms with Gasteiger partial charge in [-0.25, -0.2) is 0 Å². The summed E-state index contributed by atoms with van der Waals surface area (Å²) in [4.78, 5) is 0. The lowest BCUT2D eigenvalue weighted by atomic mass is 9.88. The third-order valence-corrected chi connectivity index (χ3v) is 3.76. The minimum Gasteiger partial charge on any atom is -0.272 e. The van der Waals surface area contributed by atoms with Crippen LogP contribution in [0.15, 0.2) is 18.7 Å². The third kappa shape index (κ3) is 2.47. The summed E-state index contributed by atoms with van der Waals surface area (Å²) in [5.74, 6) is 0. The molecule has 1 heterocycles. The molecule has 0 saturated carbocycles. The van der Waals surface area contributed by atoms with Crippen LogP contribution >= 0.6 is 15.9 Å². The van der Waals surface area contributed by atoms with Crippen LogP contribution in [0.3, 0.4) is 0 Å². The zero-order chi connectivity index (χ0) is 10.8. The number of halogens is 1. The van der Waals surface area contributed by atoms with Gasteiger partial charge in [-0.3, -0.25) is 4.68 Å². The summed E-state index contributed by atoms with van der Waals surface area (Å²) in [5, 5.41) is 5.26. The molecule has 1 unspecified atom stereocenters. The molecule has 0 radical (unpaired) electrons. The second kappa shape index (κ2) is 4.30. The van der Waals surface area contributed by atoms with E-state index in [0.29, 0.717) is 0 Å². The SMILES string of the molecule is C=CC(C)(CBr)Cc1cc(C)nn1C. The van der Waals surface area contributed by atoms with E-state index in [-0.39, 0.29) is 5.41 Å². The fourth-order valence-corrected chi connectivity index (χ4v) is 1.84. The van der Waals surface area contributed by atoms with Crippen LogP contribution in [0.2, 0.25) is 0 Å². The third-order valence-electron chi connectivity index (χ3n) is 2.48. The Morgan fingerprint density at radius 2 is 2.36 bits per heavy atom. The van der Waals surface area contributed by atoms with Crippen molar-refractivity contribution in [2.24, 2.45) is 12.5 Å². The molecule has 0 bridgehead atoms. The number of hydrogen-bond donors (Lipinski definition) is 0. The van der Waals surface area contributed by atoms with Crippen molar-refractivity contribution in [1.82, 2.24) is 9.78 Å².